The van der Waals surface area contributed by atoms with Crippen molar-refractivity contribution in [3.05, 3.63) is 24.3 Å². The molecule has 21 heavy (non-hydrogen) atoms. The summed E-state index contributed by atoms with van der Waals surface area (Å²) in [6.45, 7) is 3.98. The Hall–Kier alpha value is -1.21. The number of benzene rings is 1. The first-order valence-corrected chi connectivity index (χ1v) is 8.66. The van der Waals surface area contributed by atoms with E-state index < -0.39 is 16.3 Å². The molecule has 1 saturated heterocycles. The molecule has 2 rings (SSSR count). The molecule has 0 spiro atoms. The van der Waals surface area contributed by atoms with E-state index in [-0.39, 0.29) is 12.3 Å². The number of sulfone groups is 1. The van der Waals surface area contributed by atoms with Crippen molar-refractivity contribution in [3.8, 4) is 0 Å². The van der Waals surface area contributed by atoms with Crippen molar-refractivity contribution in [2.75, 3.05) is 43.4 Å². The predicted molar refractivity (Wildman–Crippen MR) is 78.8 cm³/mol. The summed E-state index contributed by atoms with van der Waals surface area (Å²) in [6.07, 6.45) is -2.30. The standard InChI is InChI=1S/C14H20F2N2O2S/c1-2-21(19,20)13-5-3-12(4-6-13)18-9-7-17(8-10-18)11-14(15)16/h3-6,14H,2,7-11H2,1H3. The molecule has 0 amide bonds. The Balaban J connectivity index is 1.98. The van der Waals surface area contributed by atoms with Gasteiger partial charge in [0.2, 0.25) is 0 Å². The number of anilines is 1. The van der Waals surface area contributed by atoms with Gasteiger partial charge >= 0.3 is 0 Å². The van der Waals surface area contributed by atoms with Crippen LogP contribution in [0.3, 0.4) is 0 Å². The summed E-state index contributed by atoms with van der Waals surface area (Å²) in [6, 6.07) is 6.79. The molecule has 1 aliphatic heterocycles. The highest BCUT2D eigenvalue weighted by atomic mass is 32.2. The Morgan fingerprint density at radius 1 is 1.10 bits per heavy atom. The van der Waals surface area contributed by atoms with Gasteiger partial charge in [-0.05, 0) is 24.3 Å². The van der Waals surface area contributed by atoms with E-state index in [1.165, 1.54) is 0 Å². The minimum absolute atomic E-state index is 0.0820. The van der Waals surface area contributed by atoms with Crippen LogP contribution in [0.4, 0.5) is 14.5 Å². The van der Waals surface area contributed by atoms with Gasteiger partial charge < -0.3 is 4.90 Å². The van der Waals surface area contributed by atoms with Crippen molar-refractivity contribution in [1.29, 1.82) is 0 Å². The molecule has 1 heterocycles. The lowest BCUT2D eigenvalue weighted by Gasteiger charge is -2.35. The average molecular weight is 318 g/mol. The first-order valence-electron chi connectivity index (χ1n) is 7.00. The molecule has 4 nitrogen and oxygen atoms in total. The van der Waals surface area contributed by atoms with E-state index in [0.29, 0.717) is 31.1 Å². The minimum atomic E-state index is -3.18. The van der Waals surface area contributed by atoms with Crippen LogP contribution >= 0.6 is 0 Å². The second-order valence-corrected chi connectivity index (χ2v) is 7.35. The number of hydrogen-bond donors (Lipinski definition) is 0. The third-order valence-electron chi connectivity index (χ3n) is 3.71. The van der Waals surface area contributed by atoms with Crippen LogP contribution in [0.2, 0.25) is 0 Å². The Bertz CT molecular complexity index is 553. The SMILES string of the molecule is CCS(=O)(=O)c1ccc(N2CCN(CC(F)F)CC2)cc1. The second kappa shape index (κ2) is 6.70. The van der Waals surface area contributed by atoms with Crippen LogP contribution in [0, 0.1) is 0 Å². The van der Waals surface area contributed by atoms with Crippen LogP contribution in [-0.4, -0.2) is 58.2 Å². The third kappa shape index (κ3) is 4.14. The molecule has 1 aromatic rings. The summed E-state index contributed by atoms with van der Waals surface area (Å²) in [7, 11) is -3.18. The molecule has 118 valence electrons. The molecule has 0 unspecified atom stereocenters. The second-order valence-electron chi connectivity index (χ2n) is 5.08. The van der Waals surface area contributed by atoms with Crippen LogP contribution in [0.1, 0.15) is 6.92 Å². The molecule has 1 fully saturated rings. The van der Waals surface area contributed by atoms with Gasteiger partial charge in [-0.2, -0.15) is 0 Å². The highest BCUT2D eigenvalue weighted by Crippen LogP contribution is 2.20. The van der Waals surface area contributed by atoms with E-state index in [0.717, 1.165) is 5.69 Å². The summed E-state index contributed by atoms with van der Waals surface area (Å²) < 4.78 is 48.1. The fourth-order valence-corrected chi connectivity index (χ4v) is 3.30. The zero-order valence-electron chi connectivity index (χ0n) is 12.0. The maximum atomic E-state index is 12.3. The summed E-state index contributed by atoms with van der Waals surface area (Å²) in [5, 5.41) is 0. The van der Waals surface area contributed by atoms with Gasteiger partial charge in [0, 0.05) is 31.9 Å². The normalized spacial score (nSPS) is 17.4. The summed E-state index contributed by atoms with van der Waals surface area (Å²) >= 11 is 0. The lowest BCUT2D eigenvalue weighted by Crippen LogP contribution is -2.47. The Labute approximate surface area is 124 Å². The minimum Gasteiger partial charge on any atom is -0.369 e. The highest BCUT2D eigenvalue weighted by Gasteiger charge is 2.20. The zero-order chi connectivity index (χ0) is 15.5. The molecule has 1 aromatic carbocycles. The molecule has 0 bridgehead atoms. The summed E-state index contributed by atoms with van der Waals surface area (Å²) in [5.41, 5.74) is 0.932. The summed E-state index contributed by atoms with van der Waals surface area (Å²) in [4.78, 5) is 4.16. The van der Waals surface area contributed by atoms with Gasteiger partial charge in [0.25, 0.3) is 6.43 Å². The number of piperazine rings is 1. The zero-order valence-corrected chi connectivity index (χ0v) is 12.8. The first-order chi connectivity index (χ1) is 9.92. The fraction of sp³-hybridized carbons (Fsp3) is 0.571. The average Bonchev–Trinajstić information content (AvgIpc) is 2.47. The monoisotopic (exact) mass is 318 g/mol. The molecular formula is C14H20F2N2O2S. The maximum absolute atomic E-state index is 12.3. The molecule has 0 saturated carbocycles. The molecule has 0 aliphatic carbocycles. The quantitative estimate of drug-likeness (QED) is 0.831. The lowest BCUT2D eigenvalue weighted by atomic mass is 10.2. The van der Waals surface area contributed by atoms with Crippen LogP contribution in [0.25, 0.3) is 0 Å². The Morgan fingerprint density at radius 2 is 1.67 bits per heavy atom. The van der Waals surface area contributed by atoms with E-state index in [1.54, 1.807) is 36.1 Å². The summed E-state index contributed by atoms with van der Waals surface area (Å²) in [5.74, 6) is 0.0820. The number of alkyl halides is 2. The van der Waals surface area contributed by atoms with Crippen molar-refractivity contribution in [1.82, 2.24) is 4.90 Å². The van der Waals surface area contributed by atoms with Gasteiger partial charge in [0.15, 0.2) is 9.84 Å². The van der Waals surface area contributed by atoms with Gasteiger partial charge in [0.1, 0.15) is 0 Å². The van der Waals surface area contributed by atoms with E-state index in [1.807, 2.05) is 0 Å². The topological polar surface area (TPSA) is 40.6 Å². The Kier molecular flexibility index (Phi) is 5.16. The van der Waals surface area contributed by atoms with Crippen molar-refractivity contribution >= 4 is 15.5 Å². The number of halogens is 2. The van der Waals surface area contributed by atoms with Gasteiger partial charge in [-0.1, -0.05) is 6.92 Å². The van der Waals surface area contributed by atoms with Crippen LogP contribution in [0.15, 0.2) is 29.2 Å². The van der Waals surface area contributed by atoms with Gasteiger partial charge in [0.05, 0.1) is 17.2 Å². The highest BCUT2D eigenvalue weighted by molar-refractivity contribution is 7.91. The van der Waals surface area contributed by atoms with Crippen molar-refractivity contribution in [2.45, 2.75) is 18.2 Å². The van der Waals surface area contributed by atoms with E-state index in [4.69, 9.17) is 0 Å². The van der Waals surface area contributed by atoms with Gasteiger partial charge in [-0.15, -0.1) is 0 Å². The molecular weight excluding hydrogens is 298 g/mol. The fourth-order valence-electron chi connectivity index (χ4n) is 2.41. The smallest absolute Gasteiger partial charge is 0.251 e. The predicted octanol–water partition coefficient (Wildman–Crippen LogP) is 1.87. The maximum Gasteiger partial charge on any atom is 0.251 e. The van der Waals surface area contributed by atoms with Crippen LogP contribution < -0.4 is 4.90 Å². The largest absolute Gasteiger partial charge is 0.369 e. The van der Waals surface area contributed by atoms with Crippen LogP contribution in [-0.2, 0) is 9.84 Å². The molecule has 0 atom stereocenters. The molecule has 0 N–H and O–H groups in total. The van der Waals surface area contributed by atoms with Crippen molar-refractivity contribution in [2.24, 2.45) is 0 Å². The van der Waals surface area contributed by atoms with Crippen LogP contribution in [0.5, 0.6) is 0 Å². The lowest BCUT2D eigenvalue weighted by molar-refractivity contribution is 0.0854. The Morgan fingerprint density at radius 3 is 2.14 bits per heavy atom. The van der Waals surface area contributed by atoms with Crippen molar-refractivity contribution in [3.63, 3.8) is 0 Å². The van der Waals surface area contributed by atoms with E-state index in [2.05, 4.69) is 4.90 Å². The number of rotatable bonds is 5. The number of nitrogens with zero attached hydrogens (tertiary/aromatic N) is 2. The number of hydrogen-bond acceptors (Lipinski definition) is 4. The van der Waals surface area contributed by atoms with E-state index in [9.17, 15) is 17.2 Å². The molecule has 0 radical (unpaired) electrons. The van der Waals surface area contributed by atoms with E-state index >= 15 is 0 Å². The van der Waals surface area contributed by atoms with Gasteiger partial charge in [-0.3, -0.25) is 4.90 Å². The van der Waals surface area contributed by atoms with Gasteiger partial charge in [-0.25, -0.2) is 17.2 Å². The molecule has 0 aromatic heterocycles. The first kappa shape index (κ1) is 16.2. The van der Waals surface area contributed by atoms with Crippen molar-refractivity contribution < 1.29 is 17.2 Å². The third-order valence-corrected chi connectivity index (χ3v) is 5.46. The molecule has 1 aliphatic rings. The molecule has 7 heteroatoms.